The second-order valence-electron chi connectivity index (χ2n) is 13.9. The Morgan fingerprint density at radius 2 is 1.73 bits per heavy atom. The van der Waals surface area contributed by atoms with E-state index in [-0.39, 0.29) is 18.1 Å². The number of rotatable bonds is 8. The van der Waals surface area contributed by atoms with Gasteiger partial charge in [0.1, 0.15) is 29.1 Å². The maximum absolute atomic E-state index is 14.1. The number of piperidine rings is 1. The van der Waals surface area contributed by atoms with Crippen LogP contribution in [0.3, 0.4) is 0 Å². The fourth-order valence-corrected chi connectivity index (χ4v) is 5.98. The fourth-order valence-electron chi connectivity index (χ4n) is 5.98. The molecule has 1 aromatic heterocycles. The van der Waals surface area contributed by atoms with E-state index in [1.807, 2.05) is 19.1 Å². The summed E-state index contributed by atoms with van der Waals surface area (Å²) in [5.41, 5.74) is 9.67. The number of carbonyl (C=O) groups is 4. The van der Waals surface area contributed by atoms with Gasteiger partial charge in [0, 0.05) is 48.6 Å². The molecule has 270 valence electrons. The summed E-state index contributed by atoms with van der Waals surface area (Å²) in [6.07, 6.45) is 3.06. The molecule has 0 bridgehead atoms. The van der Waals surface area contributed by atoms with Gasteiger partial charge in [-0.05, 0) is 101 Å². The lowest BCUT2D eigenvalue weighted by Crippen LogP contribution is -2.57. The molecule has 4 amide bonds. The first-order valence-corrected chi connectivity index (χ1v) is 17.1. The summed E-state index contributed by atoms with van der Waals surface area (Å²) in [5, 5.41) is 20.6. The third-order valence-corrected chi connectivity index (χ3v) is 8.49. The van der Waals surface area contributed by atoms with E-state index in [0.29, 0.717) is 58.6 Å². The van der Waals surface area contributed by atoms with Gasteiger partial charge in [0.25, 0.3) is 0 Å². The molecular formula is C40H44N6O6. The monoisotopic (exact) mass is 704 g/mol. The first kappa shape index (κ1) is 37.2. The van der Waals surface area contributed by atoms with Gasteiger partial charge in [-0.1, -0.05) is 35.6 Å². The molecule has 2 atom stereocenters. The summed E-state index contributed by atoms with van der Waals surface area (Å²) in [6.45, 7) is 7.47. The minimum absolute atomic E-state index is 0.108. The standard InChI is InChI=1S/C40H44N6O6/c1-25-9-20-34(47)31(22-25)35-29(24-45(5)44-35)17-10-26-13-18-30(19-14-26)42-37(49)33-8-6-7-21-46(33)38(50)32(43-39(51)52-40(2,3)4)23-27-11-15-28(16-12-27)36(41)48/h9,11-16,18-20,22,24,32-33,47H,6-8,21,23H2,1-5H3,(H2,41,48)(H,42,49)(H,43,51)/t32-,33?/m0/s1. The Balaban J connectivity index is 1.30. The van der Waals surface area contributed by atoms with Crippen LogP contribution in [0.15, 0.2) is 72.9 Å². The average Bonchev–Trinajstić information content (AvgIpc) is 3.47. The van der Waals surface area contributed by atoms with Crippen LogP contribution in [-0.4, -0.2) is 67.8 Å². The largest absolute Gasteiger partial charge is 0.507 e. The molecule has 12 nitrogen and oxygen atoms in total. The Kier molecular flexibility index (Phi) is 11.3. The van der Waals surface area contributed by atoms with E-state index in [2.05, 4.69) is 27.6 Å². The van der Waals surface area contributed by atoms with Crippen LogP contribution >= 0.6 is 0 Å². The summed E-state index contributed by atoms with van der Waals surface area (Å²) in [6, 6.07) is 17.1. The third kappa shape index (κ3) is 9.57. The second kappa shape index (κ2) is 15.9. The van der Waals surface area contributed by atoms with Crippen LogP contribution in [0.2, 0.25) is 0 Å². The number of benzene rings is 3. The van der Waals surface area contributed by atoms with Crippen LogP contribution < -0.4 is 16.4 Å². The highest BCUT2D eigenvalue weighted by Gasteiger charge is 2.37. The molecule has 0 radical (unpaired) electrons. The molecule has 1 unspecified atom stereocenters. The van der Waals surface area contributed by atoms with Gasteiger partial charge in [0.15, 0.2) is 0 Å². The van der Waals surface area contributed by atoms with E-state index in [4.69, 9.17) is 10.5 Å². The molecule has 1 aliphatic rings. The predicted molar refractivity (Wildman–Crippen MR) is 197 cm³/mol. The number of hydrogen-bond acceptors (Lipinski definition) is 7. The van der Waals surface area contributed by atoms with E-state index in [1.54, 1.807) is 93.3 Å². The molecule has 2 heterocycles. The Morgan fingerprint density at radius 3 is 2.40 bits per heavy atom. The Labute approximate surface area is 303 Å². The molecule has 3 aromatic carbocycles. The first-order chi connectivity index (χ1) is 24.7. The van der Waals surface area contributed by atoms with Crippen LogP contribution in [0, 0.1) is 18.8 Å². The van der Waals surface area contributed by atoms with E-state index >= 15 is 0 Å². The minimum Gasteiger partial charge on any atom is -0.507 e. The van der Waals surface area contributed by atoms with Crippen LogP contribution in [0.4, 0.5) is 10.5 Å². The van der Waals surface area contributed by atoms with Crippen molar-refractivity contribution in [3.63, 3.8) is 0 Å². The Bertz CT molecular complexity index is 2020. The molecule has 1 fully saturated rings. The molecule has 0 spiro atoms. The van der Waals surface area contributed by atoms with Crippen molar-refractivity contribution < 1.29 is 29.0 Å². The molecular weight excluding hydrogens is 660 g/mol. The number of nitrogens with two attached hydrogens (primary N) is 1. The highest BCUT2D eigenvalue weighted by molar-refractivity contribution is 5.98. The predicted octanol–water partition coefficient (Wildman–Crippen LogP) is 5.06. The van der Waals surface area contributed by atoms with Gasteiger partial charge < -0.3 is 31.1 Å². The van der Waals surface area contributed by atoms with Crippen LogP contribution in [-0.2, 0) is 27.8 Å². The normalized spacial score (nSPS) is 14.8. The number of alkyl carbamates (subject to hydrolysis) is 1. The SMILES string of the molecule is Cc1ccc(O)c(-c2nn(C)cc2C#Cc2ccc(NC(=O)C3CCCCN3C(=O)[C@H](Cc3ccc(C(N)=O)cc3)NC(=O)OC(C)(C)C)cc2)c1. The lowest BCUT2D eigenvalue weighted by Gasteiger charge is -2.37. The number of hydrogen-bond donors (Lipinski definition) is 4. The lowest BCUT2D eigenvalue weighted by atomic mass is 9.97. The van der Waals surface area contributed by atoms with Crippen molar-refractivity contribution in [3.05, 3.63) is 101 Å². The van der Waals surface area contributed by atoms with E-state index in [0.717, 1.165) is 12.0 Å². The van der Waals surface area contributed by atoms with Gasteiger partial charge >= 0.3 is 6.09 Å². The molecule has 4 aromatic rings. The fraction of sp³-hybridized carbons (Fsp3) is 0.325. The number of nitrogens with zero attached hydrogens (tertiary/aromatic N) is 3. The molecule has 52 heavy (non-hydrogen) atoms. The van der Waals surface area contributed by atoms with Crippen molar-refractivity contribution in [2.45, 2.75) is 71.1 Å². The Morgan fingerprint density at radius 1 is 1.02 bits per heavy atom. The summed E-state index contributed by atoms with van der Waals surface area (Å²) >= 11 is 0. The van der Waals surface area contributed by atoms with Crippen molar-refractivity contribution in [2.75, 3.05) is 11.9 Å². The number of ether oxygens (including phenoxy) is 1. The molecule has 12 heteroatoms. The third-order valence-electron chi connectivity index (χ3n) is 8.49. The van der Waals surface area contributed by atoms with Gasteiger partial charge in [0.05, 0.1) is 5.56 Å². The quantitative estimate of drug-likeness (QED) is 0.186. The summed E-state index contributed by atoms with van der Waals surface area (Å²) < 4.78 is 7.10. The number of primary amides is 1. The zero-order valence-corrected chi connectivity index (χ0v) is 30.0. The molecule has 5 N–H and O–H groups in total. The molecule has 5 rings (SSSR count). The van der Waals surface area contributed by atoms with E-state index in [9.17, 15) is 24.3 Å². The van der Waals surface area contributed by atoms with Crippen LogP contribution in [0.25, 0.3) is 11.3 Å². The number of nitrogens with one attached hydrogen (secondary N) is 2. The van der Waals surface area contributed by atoms with Crippen molar-refractivity contribution in [1.82, 2.24) is 20.0 Å². The van der Waals surface area contributed by atoms with Gasteiger partial charge in [-0.25, -0.2) is 4.79 Å². The van der Waals surface area contributed by atoms with E-state index in [1.165, 1.54) is 4.90 Å². The number of aromatic nitrogens is 2. The number of likely N-dealkylation sites (tertiary alicyclic amines) is 1. The number of aromatic hydroxyl groups is 1. The maximum atomic E-state index is 14.1. The number of phenolic OH excluding ortho intramolecular Hbond substituents is 1. The van der Waals surface area contributed by atoms with E-state index < -0.39 is 35.6 Å². The summed E-state index contributed by atoms with van der Waals surface area (Å²) in [5.74, 6) is 5.08. The molecule has 1 saturated heterocycles. The number of phenols is 1. The van der Waals surface area contributed by atoms with Crippen molar-refractivity contribution in [1.29, 1.82) is 0 Å². The highest BCUT2D eigenvalue weighted by Crippen LogP contribution is 2.31. The summed E-state index contributed by atoms with van der Waals surface area (Å²) in [7, 11) is 1.79. The number of anilines is 1. The van der Waals surface area contributed by atoms with Crippen molar-refractivity contribution in [3.8, 4) is 28.8 Å². The first-order valence-electron chi connectivity index (χ1n) is 17.1. The smallest absolute Gasteiger partial charge is 0.408 e. The average molecular weight is 705 g/mol. The van der Waals surface area contributed by atoms with Crippen LogP contribution in [0.1, 0.15) is 72.6 Å². The lowest BCUT2D eigenvalue weighted by molar-refractivity contribution is -0.142. The highest BCUT2D eigenvalue weighted by atomic mass is 16.6. The van der Waals surface area contributed by atoms with Crippen LogP contribution in [0.5, 0.6) is 5.75 Å². The number of carbonyl (C=O) groups excluding carboxylic acids is 4. The van der Waals surface area contributed by atoms with Crippen molar-refractivity contribution >= 4 is 29.5 Å². The van der Waals surface area contributed by atoms with Crippen molar-refractivity contribution in [2.24, 2.45) is 12.8 Å². The minimum atomic E-state index is -1.03. The summed E-state index contributed by atoms with van der Waals surface area (Å²) in [4.78, 5) is 53.7. The van der Waals surface area contributed by atoms with Gasteiger partial charge in [-0.3, -0.25) is 19.1 Å². The van der Waals surface area contributed by atoms with Gasteiger partial charge in [-0.2, -0.15) is 5.10 Å². The number of amides is 4. The molecule has 0 saturated carbocycles. The zero-order valence-electron chi connectivity index (χ0n) is 30.0. The Hall–Kier alpha value is -6.09. The topological polar surface area (TPSA) is 169 Å². The van der Waals surface area contributed by atoms with Gasteiger partial charge in [-0.15, -0.1) is 0 Å². The number of aryl methyl sites for hydroxylation is 2. The zero-order chi connectivity index (χ0) is 37.6. The molecule has 1 aliphatic heterocycles. The molecule has 0 aliphatic carbocycles. The van der Waals surface area contributed by atoms with Gasteiger partial charge in [0.2, 0.25) is 17.7 Å². The maximum Gasteiger partial charge on any atom is 0.408 e. The second-order valence-corrected chi connectivity index (χ2v) is 13.9.